The van der Waals surface area contributed by atoms with Crippen molar-refractivity contribution >= 4 is 44.8 Å². The van der Waals surface area contributed by atoms with Crippen LogP contribution < -0.4 is 10.0 Å². The lowest BCUT2D eigenvalue weighted by molar-refractivity contribution is 0.0943. The minimum Gasteiger partial charge on any atom is -0.505 e. The van der Waals surface area contributed by atoms with E-state index >= 15 is 0 Å². The summed E-state index contributed by atoms with van der Waals surface area (Å²) < 4.78 is 27.1. The van der Waals surface area contributed by atoms with Crippen molar-refractivity contribution in [2.24, 2.45) is 0 Å². The molecule has 2 rings (SSSR count). The molecule has 0 aliphatic rings. The molecule has 0 atom stereocenters. The molecule has 0 unspecified atom stereocenters. The van der Waals surface area contributed by atoms with Crippen LogP contribution >= 0.6 is 23.2 Å². The first-order valence-electron chi connectivity index (χ1n) is 7.22. The molecule has 0 bridgehead atoms. The number of benzene rings is 2. The van der Waals surface area contributed by atoms with Crippen LogP contribution in [-0.2, 0) is 10.0 Å². The number of sulfonamides is 1. The van der Waals surface area contributed by atoms with E-state index in [9.17, 15) is 18.3 Å². The van der Waals surface area contributed by atoms with Gasteiger partial charge in [0, 0.05) is 22.3 Å². The monoisotopic (exact) mass is 402 g/mol. The number of amides is 1. The van der Waals surface area contributed by atoms with Gasteiger partial charge in [0.05, 0.1) is 5.02 Å². The highest BCUT2D eigenvalue weighted by molar-refractivity contribution is 7.92. The maximum atomic E-state index is 12.4. The van der Waals surface area contributed by atoms with Crippen molar-refractivity contribution < 1.29 is 18.3 Å². The first-order valence-corrected chi connectivity index (χ1v) is 9.46. The van der Waals surface area contributed by atoms with Crippen LogP contribution in [0.2, 0.25) is 10.0 Å². The van der Waals surface area contributed by atoms with Crippen LogP contribution in [0.25, 0.3) is 0 Å². The molecule has 0 saturated heterocycles. The van der Waals surface area contributed by atoms with Gasteiger partial charge in [-0.2, -0.15) is 0 Å². The molecule has 1 amide bonds. The molecule has 9 heteroatoms. The molecule has 134 valence electrons. The molecule has 25 heavy (non-hydrogen) atoms. The van der Waals surface area contributed by atoms with Gasteiger partial charge in [0.15, 0.2) is 5.75 Å². The SMILES string of the molecule is CC(C)NC(=O)c1ccc(NS(=O)(=O)c2cc(Cl)cc(Cl)c2O)cc1. The number of phenols is 1. The minimum atomic E-state index is -4.11. The van der Waals surface area contributed by atoms with E-state index in [1.807, 2.05) is 13.8 Å². The first kappa shape index (κ1) is 19.4. The van der Waals surface area contributed by atoms with Crippen LogP contribution in [0.1, 0.15) is 24.2 Å². The molecule has 0 saturated carbocycles. The van der Waals surface area contributed by atoms with E-state index in [2.05, 4.69) is 10.0 Å². The van der Waals surface area contributed by atoms with Crippen molar-refractivity contribution in [1.29, 1.82) is 0 Å². The van der Waals surface area contributed by atoms with Gasteiger partial charge < -0.3 is 10.4 Å². The topological polar surface area (TPSA) is 95.5 Å². The zero-order chi connectivity index (χ0) is 18.8. The molecule has 2 aromatic rings. The second kappa shape index (κ2) is 7.51. The number of carbonyl (C=O) groups excluding carboxylic acids is 1. The Morgan fingerprint density at radius 3 is 2.28 bits per heavy atom. The van der Waals surface area contributed by atoms with Crippen molar-refractivity contribution in [2.45, 2.75) is 24.8 Å². The van der Waals surface area contributed by atoms with Gasteiger partial charge in [-0.3, -0.25) is 9.52 Å². The predicted molar refractivity (Wildman–Crippen MR) is 98.0 cm³/mol. The molecule has 0 heterocycles. The van der Waals surface area contributed by atoms with Crippen molar-refractivity contribution in [2.75, 3.05) is 4.72 Å². The van der Waals surface area contributed by atoms with E-state index in [0.29, 0.717) is 5.56 Å². The van der Waals surface area contributed by atoms with Crippen LogP contribution in [0.3, 0.4) is 0 Å². The largest absolute Gasteiger partial charge is 0.505 e. The molecular formula is C16H16Cl2N2O4S. The molecule has 0 fully saturated rings. The first-order chi connectivity index (χ1) is 11.6. The second-order valence-corrected chi connectivity index (χ2v) is 8.04. The maximum absolute atomic E-state index is 12.4. The molecule has 0 aliphatic carbocycles. The summed E-state index contributed by atoms with van der Waals surface area (Å²) in [5.41, 5.74) is 0.613. The Balaban J connectivity index is 2.26. The number of nitrogens with one attached hydrogen (secondary N) is 2. The van der Waals surface area contributed by atoms with Gasteiger partial charge in [-0.15, -0.1) is 0 Å². The van der Waals surface area contributed by atoms with Gasteiger partial charge in [-0.05, 0) is 50.2 Å². The van der Waals surface area contributed by atoms with Crippen molar-refractivity contribution in [3.05, 3.63) is 52.0 Å². The van der Waals surface area contributed by atoms with Gasteiger partial charge in [-0.25, -0.2) is 8.42 Å². The quantitative estimate of drug-likeness (QED) is 0.711. The third kappa shape index (κ3) is 4.78. The van der Waals surface area contributed by atoms with E-state index < -0.39 is 20.7 Å². The summed E-state index contributed by atoms with van der Waals surface area (Å²) in [6.07, 6.45) is 0. The lowest BCUT2D eigenvalue weighted by Crippen LogP contribution is -2.30. The van der Waals surface area contributed by atoms with Crippen LogP contribution in [0.15, 0.2) is 41.3 Å². The van der Waals surface area contributed by atoms with Crippen molar-refractivity contribution in [1.82, 2.24) is 5.32 Å². The fourth-order valence-electron chi connectivity index (χ4n) is 1.99. The maximum Gasteiger partial charge on any atom is 0.265 e. The zero-order valence-electron chi connectivity index (χ0n) is 13.4. The van der Waals surface area contributed by atoms with E-state index in [-0.39, 0.29) is 27.7 Å². The summed E-state index contributed by atoms with van der Waals surface area (Å²) in [5, 5.41) is 12.5. The number of phenolic OH excluding ortho intramolecular Hbond substituents is 1. The Bertz CT molecular complexity index is 897. The Morgan fingerprint density at radius 2 is 1.72 bits per heavy atom. The molecule has 6 nitrogen and oxygen atoms in total. The fourth-order valence-corrected chi connectivity index (χ4v) is 3.81. The Morgan fingerprint density at radius 1 is 1.12 bits per heavy atom. The zero-order valence-corrected chi connectivity index (χ0v) is 15.7. The van der Waals surface area contributed by atoms with Gasteiger partial charge >= 0.3 is 0 Å². The highest BCUT2D eigenvalue weighted by atomic mass is 35.5. The fraction of sp³-hybridized carbons (Fsp3) is 0.188. The highest BCUT2D eigenvalue weighted by Crippen LogP contribution is 2.34. The number of anilines is 1. The Labute approximate surface area is 155 Å². The van der Waals surface area contributed by atoms with E-state index in [1.54, 1.807) is 0 Å². The summed E-state index contributed by atoms with van der Waals surface area (Å²) in [4.78, 5) is 11.4. The summed E-state index contributed by atoms with van der Waals surface area (Å²) in [6.45, 7) is 3.67. The number of hydrogen-bond donors (Lipinski definition) is 3. The number of rotatable bonds is 5. The van der Waals surface area contributed by atoms with Gasteiger partial charge in [-0.1, -0.05) is 23.2 Å². The summed E-state index contributed by atoms with van der Waals surface area (Å²) in [5.74, 6) is -0.852. The molecular weight excluding hydrogens is 387 g/mol. The number of halogens is 2. The number of hydrogen-bond acceptors (Lipinski definition) is 4. The lowest BCUT2D eigenvalue weighted by atomic mass is 10.2. The average Bonchev–Trinajstić information content (AvgIpc) is 2.50. The molecule has 0 spiro atoms. The normalized spacial score (nSPS) is 11.4. The standard InChI is InChI=1S/C16H16Cl2N2O4S/c1-9(2)19-16(22)10-3-5-12(6-4-10)20-25(23,24)14-8-11(17)7-13(18)15(14)21/h3-9,20-21H,1-2H3,(H,19,22). The van der Waals surface area contributed by atoms with E-state index in [1.165, 1.54) is 30.3 Å². The Hall–Kier alpha value is -1.96. The lowest BCUT2D eigenvalue weighted by Gasteiger charge is -2.12. The van der Waals surface area contributed by atoms with Crippen LogP contribution in [-0.4, -0.2) is 25.5 Å². The smallest absolute Gasteiger partial charge is 0.265 e. The Kier molecular flexibility index (Phi) is 5.82. The van der Waals surface area contributed by atoms with Gasteiger partial charge in [0.2, 0.25) is 0 Å². The third-order valence-corrected chi connectivity index (χ3v) is 5.00. The summed E-state index contributed by atoms with van der Waals surface area (Å²) >= 11 is 11.6. The summed E-state index contributed by atoms with van der Waals surface area (Å²) in [6, 6.07) is 8.17. The highest BCUT2D eigenvalue weighted by Gasteiger charge is 2.22. The number of carbonyl (C=O) groups is 1. The van der Waals surface area contributed by atoms with Crippen molar-refractivity contribution in [3.8, 4) is 5.75 Å². The summed E-state index contributed by atoms with van der Waals surface area (Å²) in [7, 11) is -4.11. The van der Waals surface area contributed by atoms with E-state index in [4.69, 9.17) is 23.2 Å². The van der Waals surface area contributed by atoms with Crippen LogP contribution in [0, 0.1) is 0 Å². The second-order valence-electron chi connectivity index (χ2n) is 5.55. The molecule has 0 aliphatic heterocycles. The van der Waals surface area contributed by atoms with Gasteiger partial charge in [0.1, 0.15) is 4.90 Å². The number of aromatic hydroxyl groups is 1. The van der Waals surface area contributed by atoms with E-state index in [0.717, 1.165) is 6.07 Å². The molecule has 2 aromatic carbocycles. The molecule has 0 radical (unpaired) electrons. The minimum absolute atomic E-state index is 0.0127. The third-order valence-electron chi connectivity index (χ3n) is 3.10. The average molecular weight is 403 g/mol. The predicted octanol–water partition coefficient (Wildman–Crippen LogP) is 3.64. The van der Waals surface area contributed by atoms with Crippen molar-refractivity contribution in [3.63, 3.8) is 0 Å². The molecule has 3 N–H and O–H groups in total. The molecule has 0 aromatic heterocycles. The van der Waals surface area contributed by atoms with Crippen LogP contribution in [0.5, 0.6) is 5.75 Å². The van der Waals surface area contributed by atoms with Crippen LogP contribution in [0.4, 0.5) is 5.69 Å². The van der Waals surface area contributed by atoms with Gasteiger partial charge in [0.25, 0.3) is 15.9 Å².